The van der Waals surface area contributed by atoms with E-state index >= 15 is 0 Å². The fourth-order valence-corrected chi connectivity index (χ4v) is 3.34. The maximum atomic E-state index is 12.8. The predicted octanol–water partition coefficient (Wildman–Crippen LogP) is 4.89. The van der Waals surface area contributed by atoms with Crippen LogP contribution in [0.1, 0.15) is 22.8 Å². The summed E-state index contributed by atoms with van der Waals surface area (Å²) in [5, 5.41) is 9.67. The van der Waals surface area contributed by atoms with Gasteiger partial charge in [-0.1, -0.05) is 22.0 Å². The van der Waals surface area contributed by atoms with Gasteiger partial charge in [0.05, 0.1) is 11.3 Å². The van der Waals surface area contributed by atoms with Crippen LogP contribution in [-0.4, -0.2) is 17.6 Å². The first kappa shape index (κ1) is 16.0. The van der Waals surface area contributed by atoms with E-state index in [4.69, 9.17) is 0 Å². The van der Waals surface area contributed by atoms with E-state index in [1.165, 1.54) is 0 Å². The van der Waals surface area contributed by atoms with Crippen LogP contribution in [-0.2, 0) is 0 Å². The predicted molar refractivity (Wildman–Crippen MR) is 92.0 cm³/mol. The topological polar surface area (TPSA) is 40.5 Å². The third kappa shape index (κ3) is 3.47. The zero-order valence-electron chi connectivity index (χ0n) is 11.7. The van der Waals surface area contributed by atoms with Crippen molar-refractivity contribution < 1.29 is 9.90 Å². The van der Waals surface area contributed by atoms with Gasteiger partial charge in [-0.15, -0.1) is 0 Å². The third-order valence-electron chi connectivity index (χ3n) is 3.21. The van der Waals surface area contributed by atoms with Gasteiger partial charge in [-0.25, -0.2) is 0 Å². The number of aromatic hydroxyl groups is 1. The summed E-state index contributed by atoms with van der Waals surface area (Å²) >= 11 is 6.80. The van der Waals surface area contributed by atoms with Gasteiger partial charge in [0, 0.05) is 21.6 Å². The highest BCUT2D eigenvalue weighted by Crippen LogP contribution is 2.29. The minimum absolute atomic E-state index is 0.106. The van der Waals surface area contributed by atoms with E-state index in [1.807, 2.05) is 26.0 Å². The summed E-state index contributed by atoms with van der Waals surface area (Å²) in [7, 11) is 0. The van der Waals surface area contributed by atoms with Crippen molar-refractivity contribution in [1.29, 1.82) is 0 Å². The van der Waals surface area contributed by atoms with E-state index < -0.39 is 0 Å². The number of aryl methyl sites for hydroxylation is 1. The molecule has 2 aromatic rings. The normalized spacial score (nSPS) is 10.5. The van der Waals surface area contributed by atoms with E-state index in [0.29, 0.717) is 12.1 Å². The Kier molecular flexibility index (Phi) is 5.06. The summed E-state index contributed by atoms with van der Waals surface area (Å²) in [6.07, 6.45) is 0. The Bertz CT molecular complexity index is 686. The SMILES string of the molecule is CCN(C(=O)c1ccc(Br)cc1Br)c1cc(O)ccc1C. The molecular weight excluding hydrogens is 398 g/mol. The average Bonchev–Trinajstić information content (AvgIpc) is 2.43. The van der Waals surface area contributed by atoms with Crippen molar-refractivity contribution in [2.45, 2.75) is 13.8 Å². The summed E-state index contributed by atoms with van der Waals surface area (Å²) in [4.78, 5) is 14.4. The molecule has 2 aromatic carbocycles. The van der Waals surface area contributed by atoms with Gasteiger partial charge >= 0.3 is 0 Å². The molecule has 0 heterocycles. The largest absolute Gasteiger partial charge is 0.508 e. The van der Waals surface area contributed by atoms with Crippen molar-refractivity contribution in [1.82, 2.24) is 0 Å². The monoisotopic (exact) mass is 411 g/mol. The highest BCUT2D eigenvalue weighted by Gasteiger charge is 2.20. The number of phenols is 1. The number of carbonyl (C=O) groups excluding carboxylic acids is 1. The molecule has 21 heavy (non-hydrogen) atoms. The summed E-state index contributed by atoms with van der Waals surface area (Å²) < 4.78 is 1.64. The van der Waals surface area contributed by atoms with Crippen LogP contribution >= 0.6 is 31.9 Å². The van der Waals surface area contributed by atoms with Gasteiger partial charge < -0.3 is 10.0 Å². The maximum Gasteiger partial charge on any atom is 0.259 e. The molecule has 0 atom stereocenters. The second kappa shape index (κ2) is 6.62. The molecule has 0 aromatic heterocycles. The van der Waals surface area contributed by atoms with Crippen LogP contribution in [0.4, 0.5) is 5.69 Å². The smallest absolute Gasteiger partial charge is 0.259 e. The van der Waals surface area contributed by atoms with Crippen LogP contribution in [0.2, 0.25) is 0 Å². The minimum atomic E-state index is -0.106. The highest BCUT2D eigenvalue weighted by atomic mass is 79.9. The molecule has 1 amide bonds. The Morgan fingerprint density at radius 1 is 1.19 bits per heavy atom. The lowest BCUT2D eigenvalue weighted by molar-refractivity contribution is 0.0987. The summed E-state index contributed by atoms with van der Waals surface area (Å²) in [6, 6.07) is 10.5. The Morgan fingerprint density at radius 3 is 2.52 bits per heavy atom. The molecule has 0 aliphatic rings. The van der Waals surface area contributed by atoms with Gasteiger partial charge in [-0.05, 0) is 59.6 Å². The molecule has 0 bridgehead atoms. The highest BCUT2D eigenvalue weighted by molar-refractivity contribution is 9.11. The first-order valence-electron chi connectivity index (χ1n) is 6.50. The van der Waals surface area contributed by atoms with Gasteiger partial charge in [-0.3, -0.25) is 4.79 Å². The van der Waals surface area contributed by atoms with Gasteiger partial charge in [0.25, 0.3) is 5.91 Å². The van der Waals surface area contributed by atoms with Gasteiger partial charge in [-0.2, -0.15) is 0 Å². The van der Waals surface area contributed by atoms with Crippen LogP contribution in [0.25, 0.3) is 0 Å². The van der Waals surface area contributed by atoms with Crippen LogP contribution in [0.15, 0.2) is 45.3 Å². The Labute approximate surface area is 140 Å². The number of hydrogen-bond acceptors (Lipinski definition) is 2. The molecule has 0 spiro atoms. The first-order chi connectivity index (χ1) is 9.93. The Hall–Kier alpha value is -1.33. The molecule has 110 valence electrons. The van der Waals surface area contributed by atoms with E-state index in [0.717, 1.165) is 20.2 Å². The van der Waals surface area contributed by atoms with Crippen molar-refractivity contribution in [3.05, 3.63) is 56.5 Å². The number of halogens is 2. The van der Waals surface area contributed by atoms with Crippen LogP contribution in [0, 0.1) is 6.92 Å². The number of phenolic OH excluding ortho intramolecular Hbond substituents is 1. The minimum Gasteiger partial charge on any atom is -0.508 e. The van der Waals surface area contributed by atoms with E-state index in [1.54, 1.807) is 29.2 Å². The van der Waals surface area contributed by atoms with Crippen molar-refractivity contribution in [2.75, 3.05) is 11.4 Å². The number of benzene rings is 2. The molecule has 5 heteroatoms. The van der Waals surface area contributed by atoms with Gasteiger partial charge in [0.1, 0.15) is 5.75 Å². The molecule has 0 saturated carbocycles. The fourth-order valence-electron chi connectivity index (χ4n) is 2.12. The summed E-state index contributed by atoms with van der Waals surface area (Å²) in [5.74, 6) is 0.0438. The lowest BCUT2D eigenvalue weighted by Gasteiger charge is -2.23. The number of nitrogens with zero attached hydrogens (tertiary/aromatic N) is 1. The standard InChI is InChI=1S/C16H15Br2NO2/c1-3-19(15-9-12(20)6-4-10(15)2)16(21)13-7-5-11(17)8-14(13)18/h4-9,20H,3H2,1-2H3. The fraction of sp³-hybridized carbons (Fsp3) is 0.188. The van der Waals surface area contributed by atoms with Crippen LogP contribution < -0.4 is 4.90 Å². The zero-order chi connectivity index (χ0) is 15.6. The molecule has 1 N–H and O–H groups in total. The third-order valence-corrected chi connectivity index (χ3v) is 4.36. The lowest BCUT2D eigenvalue weighted by atomic mass is 10.1. The number of carbonyl (C=O) groups is 1. The number of hydrogen-bond donors (Lipinski definition) is 1. The number of anilines is 1. The average molecular weight is 413 g/mol. The second-order valence-corrected chi connectivity index (χ2v) is 6.41. The summed E-state index contributed by atoms with van der Waals surface area (Å²) in [6.45, 7) is 4.35. The van der Waals surface area contributed by atoms with Crippen LogP contribution in [0.5, 0.6) is 5.75 Å². The van der Waals surface area contributed by atoms with Crippen LogP contribution in [0.3, 0.4) is 0 Å². The van der Waals surface area contributed by atoms with Crippen molar-refractivity contribution >= 4 is 43.5 Å². The Morgan fingerprint density at radius 2 is 1.90 bits per heavy atom. The molecule has 0 aliphatic carbocycles. The molecule has 0 fully saturated rings. The maximum absolute atomic E-state index is 12.8. The number of amides is 1. The molecule has 0 unspecified atom stereocenters. The van der Waals surface area contributed by atoms with Gasteiger partial charge in [0.15, 0.2) is 0 Å². The molecule has 0 aliphatic heterocycles. The van der Waals surface area contributed by atoms with Crippen molar-refractivity contribution in [3.8, 4) is 5.75 Å². The number of rotatable bonds is 3. The summed E-state index contributed by atoms with van der Waals surface area (Å²) in [5.41, 5.74) is 2.25. The molecule has 2 rings (SSSR count). The quantitative estimate of drug-likeness (QED) is 0.779. The van der Waals surface area contributed by atoms with Crippen molar-refractivity contribution in [2.24, 2.45) is 0 Å². The lowest BCUT2D eigenvalue weighted by Crippen LogP contribution is -2.31. The van der Waals surface area contributed by atoms with Gasteiger partial charge in [0.2, 0.25) is 0 Å². The van der Waals surface area contributed by atoms with Crippen molar-refractivity contribution in [3.63, 3.8) is 0 Å². The van der Waals surface area contributed by atoms with E-state index in [-0.39, 0.29) is 11.7 Å². The zero-order valence-corrected chi connectivity index (χ0v) is 14.9. The van der Waals surface area contributed by atoms with E-state index in [2.05, 4.69) is 31.9 Å². The molecular formula is C16H15Br2NO2. The second-order valence-electron chi connectivity index (χ2n) is 4.64. The first-order valence-corrected chi connectivity index (χ1v) is 8.09. The molecule has 0 saturated heterocycles. The Balaban J connectivity index is 2.45. The molecule has 3 nitrogen and oxygen atoms in total. The molecule has 0 radical (unpaired) electrons. The van der Waals surface area contributed by atoms with E-state index in [9.17, 15) is 9.90 Å².